The summed E-state index contributed by atoms with van der Waals surface area (Å²) in [6.45, 7) is 5.72. The van der Waals surface area contributed by atoms with Crippen LogP contribution in [-0.2, 0) is 0 Å². The van der Waals surface area contributed by atoms with Crippen LogP contribution in [0.4, 0.5) is 4.39 Å². The number of fused-ring (bicyclic) bond motifs is 1. The lowest BCUT2D eigenvalue weighted by Crippen LogP contribution is -2.08. The van der Waals surface area contributed by atoms with Crippen molar-refractivity contribution >= 4 is 16.9 Å². The highest BCUT2D eigenvalue weighted by molar-refractivity contribution is 6.04. The molecular weight excluding hydrogens is 349 g/mol. The number of Topliss-reactive ketones (excluding diaryl/α,β-unsaturated/α-hetero) is 1. The predicted octanol–water partition coefficient (Wildman–Crippen LogP) is 5.06. The van der Waals surface area contributed by atoms with E-state index >= 15 is 0 Å². The Balaban J connectivity index is 1.86. The second kappa shape index (κ2) is 7.78. The van der Waals surface area contributed by atoms with E-state index < -0.39 is 0 Å². The Labute approximate surface area is 157 Å². The molecule has 1 atom stereocenters. The quantitative estimate of drug-likeness (QED) is 0.543. The Bertz CT molecular complexity index is 962. The van der Waals surface area contributed by atoms with Crippen LogP contribution in [0.15, 0.2) is 35.1 Å². The Morgan fingerprint density at radius 2 is 1.96 bits per heavy atom. The maximum atomic E-state index is 13.1. The van der Waals surface area contributed by atoms with Gasteiger partial charge in [-0.2, -0.15) is 0 Å². The molecule has 5 nitrogen and oxygen atoms in total. The molecule has 0 bridgehead atoms. The lowest BCUT2D eigenvalue weighted by atomic mass is 9.98. The Morgan fingerprint density at radius 1 is 1.26 bits per heavy atom. The first kappa shape index (κ1) is 18.9. The van der Waals surface area contributed by atoms with Crippen LogP contribution < -0.4 is 9.47 Å². The molecule has 0 fully saturated rings. The minimum atomic E-state index is -0.254. The van der Waals surface area contributed by atoms with Crippen LogP contribution >= 0.6 is 0 Å². The first-order valence-electron chi connectivity index (χ1n) is 8.77. The van der Waals surface area contributed by atoms with Crippen LogP contribution in [0.1, 0.15) is 47.7 Å². The average molecular weight is 371 g/mol. The Morgan fingerprint density at radius 3 is 2.59 bits per heavy atom. The van der Waals surface area contributed by atoms with Gasteiger partial charge in [-0.3, -0.25) is 4.79 Å². The van der Waals surface area contributed by atoms with Crippen LogP contribution in [-0.4, -0.2) is 24.5 Å². The van der Waals surface area contributed by atoms with Gasteiger partial charge in [-0.25, -0.2) is 9.37 Å². The number of methoxy groups -OCH3 is 1. The van der Waals surface area contributed by atoms with Gasteiger partial charge in [0.1, 0.15) is 11.3 Å². The summed E-state index contributed by atoms with van der Waals surface area (Å²) < 4.78 is 30.0. The topological polar surface area (TPSA) is 61.6 Å². The summed E-state index contributed by atoms with van der Waals surface area (Å²) in [5.41, 5.74) is 3.23. The highest BCUT2D eigenvalue weighted by atomic mass is 19.1. The molecule has 0 saturated carbocycles. The van der Waals surface area contributed by atoms with Gasteiger partial charge in [-0.15, -0.1) is 0 Å². The van der Waals surface area contributed by atoms with Crippen LogP contribution in [0.2, 0.25) is 0 Å². The summed E-state index contributed by atoms with van der Waals surface area (Å²) in [5.74, 6) is 0.542. The number of aromatic nitrogens is 1. The van der Waals surface area contributed by atoms with E-state index in [0.717, 1.165) is 5.56 Å². The summed E-state index contributed by atoms with van der Waals surface area (Å²) >= 11 is 0. The Hall–Kier alpha value is -2.89. The second-order valence-corrected chi connectivity index (χ2v) is 6.54. The number of oxazole rings is 1. The SMILES string of the molecule is COc1c(C(C)=O)c(C)c2ncoc2c1OCCC(C)c1ccc(F)cc1. The van der Waals surface area contributed by atoms with Crippen molar-refractivity contribution < 1.29 is 23.1 Å². The summed E-state index contributed by atoms with van der Waals surface area (Å²) in [4.78, 5) is 16.3. The van der Waals surface area contributed by atoms with E-state index in [2.05, 4.69) is 4.98 Å². The van der Waals surface area contributed by atoms with E-state index in [1.54, 1.807) is 12.1 Å². The lowest BCUT2D eigenvalue weighted by Gasteiger charge is -2.17. The standard InChI is InChI=1S/C21H22FNO4/c1-12(15-5-7-16(22)8-6-15)9-10-26-21-19(25-4)17(14(3)24)13(2)18-20(21)27-11-23-18/h5-8,11-12H,9-10H2,1-4H3. The Kier molecular flexibility index (Phi) is 5.44. The number of carbonyl (C=O) groups excluding carboxylic acids is 1. The van der Waals surface area contributed by atoms with Crippen LogP contribution in [0.5, 0.6) is 11.5 Å². The molecule has 0 aliphatic carbocycles. The highest BCUT2D eigenvalue weighted by Gasteiger charge is 2.25. The number of hydrogen-bond acceptors (Lipinski definition) is 5. The van der Waals surface area contributed by atoms with E-state index in [1.807, 2.05) is 13.8 Å². The number of benzene rings is 2. The van der Waals surface area contributed by atoms with Crippen molar-refractivity contribution in [3.8, 4) is 11.5 Å². The summed E-state index contributed by atoms with van der Waals surface area (Å²) in [7, 11) is 1.50. The average Bonchev–Trinajstić information content (AvgIpc) is 3.13. The fourth-order valence-corrected chi connectivity index (χ4v) is 3.23. The van der Waals surface area contributed by atoms with Gasteiger partial charge in [0.25, 0.3) is 0 Å². The summed E-state index contributed by atoms with van der Waals surface area (Å²) in [5, 5.41) is 0. The van der Waals surface area contributed by atoms with Gasteiger partial charge in [0.2, 0.25) is 11.3 Å². The third kappa shape index (κ3) is 3.65. The highest BCUT2D eigenvalue weighted by Crippen LogP contribution is 2.41. The van der Waals surface area contributed by atoms with Gasteiger partial charge in [0, 0.05) is 0 Å². The zero-order valence-electron chi connectivity index (χ0n) is 15.8. The van der Waals surface area contributed by atoms with Gasteiger partial charge >= 0.3 is 0 Å². The van der Waals surface area contributed by atoms with Crippen molar-refractivity contribution in [2.24, 2.45) is 0 Å². The fraction of sp³-hybridized carbons (Fsp3) is 0.333. The zero-order valence-corrected chi connectivity index (χ0v) is 15.8. The summed E-state index contributed by atoms with van der Waals surface area (Å²) in [6.07, 6.45) is 2.03. The van der Waals surface area contributed by atoms with Crippen molar-refractivity contribution in [3.63, 3.8) is 0 Å². The lowest BCUT2D eigenvalue weighted by molar-refractivity contribution is 0.101. The van der Waals surface area contributed by atoms with E-state index in [4.69, 9.17) is 13.9 Å². The van der Waals surface area contributed by atoms with Crippen molar-refractivity contribution in [3.05, 3.63) is 53.2 Å². The van der Waals surface area contributed by atoms with Crippen molar-refractivity contribution in [1.82, 2.24) is 4.98 Å². The number of rotatable bonds is 7. The number of ether oxygens (including phenoxy) is 2. The number of ketones is 1. The molecule has 6 heteroatoms. The van der Waals surface area contributed by atoms with Gasteiger partial charge < -0.3 is 13.9 Å². The van der Waals surface area contributed by atoms with Crippen molar-refractivity contribution in [2.75, 3.05) is 13.7 Å². The fourth-order valence-electron chi connectivity index (χ4n) is 3.23. The number of aryl methyl sites for hydroxylation is 1. The molecule has 0 aliphatic heterocycles. The molecule has 0 aliphatic rings. The molecule has 0 N–H and O–H groups in total. The molecule has 2 aromatic carbocycles. The molecule has 0 saturated heterocycles. The molecular formula is C21H22FNO4. The van der Waals surface area contributed by atoms with Crippen LogP contribution in [0.3, 0.4) is 0 Å². The smallest absolute Gasteiger partial charge is 0.207 e. The van der Waals surface area contributed by atoms with Gasteiger partial charge in [0.05, 0.1) is 19.3 Å². The minimum Gasteiger partial charge on any atom is -0.492 e. The maximum Gasteiger partial charge on any atom is 0.207 e. The zero-order chi connectivity index (χ0) is 19.6. The molecule has 1 heterocycles. The summed E-state index contributed by atoms with van der Waals surface area (Å²) in [6, 6.07) is 6.45. The van der Waals surface area contributed by atoms with Crippen molar-refractivity contribution in [2.45, 2.75) is 33.1 Å². The first-order valence-corrected chi connectivity index (χ1v) is 8.77. The number of halogens is 1. The molecule has 0 amide bonds. The third-order valence-electron chi connectivity index (χ3n) is 4.73. The number of hydrogen-bond donors (Lipinski definition) is 0. The molecule has 0 radical (unpaired) electrons. The second-order valence-electron chi connectivity index (χ2n) is 6.54. The molecule has 1 unspecified atom stereocenters. The predicted molar refractivity (Wildman–Crippen MR) is 100 cm³/mol. The first-order chi connectivity index (χ1) is 12.9. The van der Waals surface area contributed by atoms with Crippen molar-refractivity contribution in [1.29, 1.82) is 0 Å². The van der Waals surface area contributed by atoms with E-state index in [0.29, 0.717) is 46.8 Å². The molecule has 0 spiro atoms. The maximum absolute atomic E-state index is 13.1. The largest absolute Gasteiger partial charge is 0.492 e. The van der Waals surface area contributed by atoms with Gasteiger partial charge in [-0.1, -0.05) is 19.1 Å². The van der Waals surface area contributed by atoms with E-state index in [1.165, 1.54) is 32.6 Å². The molecule has 27 heavy (non-hydrogen) atoms. The number of nitrogens with zero attached hydrogens (tertiary/aromatic N) is 1. The van der Waals surface area contributed by atoms with Crippen LogP contribution in [0, 0.1) is 12.7 Å². The normalized spacial score (nSPS) is 12.2. The number of carbonyl (C=O) groups is 1. The van der Waals surface area contributed by atoms with E-state index in [-0.39, 0.29) is 17.5 Å². The molecule has 1 aromatic heterocycles. The van der Waals surface area contributed by atoms with Gasteiger partial charge in [-0.05, 0) is 49.4 Å². The minimum absolute atomic E-state index is 0.126. The monoisotopic (exact) mass is 371 g/mol. The third-order valence-corrected chi connectivity index (χ3v) is 4.73. The van der Waals surface area contributed by atoms with E-state index in [9.17, 15) is 9.18 Å². The molecule has 3 aromatic rings. The molecule has 3 rings (SSSR count). The van der Waals surface area contributed by atoms with Crippen LogP contribution in [0.25, 0.3) is 11.1 Å². The van der Waals surface area contributed by atoms with Gasteiger partial charge in [0.15, 0.2) is 17.9 Å². The molecule has 142 valence electrons.